The topological polar surface area (TPSA) is 0 Å². The highest BCUT2D eigenvalue weighted by Crippen LogP contribution is 2.14. The van der Waals surface area contributed by atoms with Crippen molar-refractivity contribution < 1.29 is 0 Å². The summed E-state index contributed by atoms with van der Waals surface area (Å²) >= 11 is 8.98. The van der Waals surface area contributed by atoms with Gasteiger partial charge in [0.2, 0.25) is 0 Å². The molecule has 0 aliphatic heterocycles. The zero-order valence-corrected chi connectivity index (χ0v) is 16.3. The minimum Gasteiger partial charge on any atom is -0.176 e. The van der Waals surface area contributed by atoms with Gasteiger partial charge in [0, 0.05) is 10.5 Å². The van der Waals surface area contributed by atoms with Crippen molar-refractivity contribution in [3.05, 3.63) is 0 Å². The van der Waals surface area contributed by atoms with Crippen LogP contribution in [0.15, 0.2) is 0 Å². The lowest BCUT2D eigenvalue weighted by atomic mass is 10.1. The normalized spacial score (nSPS) is 12.2. The lowest BCUT2D eigenvalue weighted by Gasteiger charge is -2.07. The van der Waals surface area contributed by atoms with Crippen LogP contribution >= 0.6 is 25.3 Å². The van der Waals surface area contributed by atoms with E-state index in [-0.39, 0.29) is 0 Å². The van der Waals surface area contributed by atoms with Gasteiger partial charge in [-0.2, -0.15) is 25.3 Å². The first kappa shape index (κ1) is 23.0. The van der Waals surface area contributed by atoms with Gasteiger partial charge in [0.25, 0.3) is 0 Å². The Labute approximate surface area is 140 Å². The summed E-state index contributed by atoms with van der Waals surface area (Å²) in [4.78, 5) is 0. The fourth-order valence-electron chi connectivity index (χ4n) is 2.13. The smallest absolute Gasteiger partial charge is 0.00168 e. The maximum Gasteiger partial charge on any atom is 0.00168 e. The molecular weight excluding hydrogens is 280 g/mol. The van der Waals surface area contributed by atoms with Crippen LogP contribution in [0.1, 0.15) is 105 Å². The second kappa shape index (κ2) is 19.7. The molecule has 0 nitrogen and oxygen atoms in total. The van der Waals surface area contributed by atoms with Crippen LogP contribution in [0, 0.1) is 0 Å². The Morgan fingerprint density at radius 1 is 0.500 bits per heavy atom. The molecule has 124 valence electrons. The van der Waals surface area contributed by atoms with Crippen LogP contribution in [0.2, 0.25) is 0 Å². The van der Waals surface area contributed by atoms with E-state index in [0.717, 1.165) is 0 Å². The quantitative estimate of drug-likeness (QED) is 0.273. The van der Waals surface area contributed by atoms with E-state index < -0.39 is 0 Å². The largest absolute Gasteiger partial charge is 0.176 e. The van der Waals surface area contributed by atoms with Crippen LogP contribution in [-0.4, -0.2) is 10.5 Å². The Bertz CT molecular complexity index is 151. The summed E-state index contributed by atoms with van der Waals surface area (Å²) in [5.41, 5.74) is 0. The van der Waals surface area contributed by atoms with Crippen molar-refractivity contribution in [2.75, 3.05) is 0 Å². The molecule has 1 atom stereocenters. The van der Waals surface area contributed by atoms with Gasteiger partial charge in [-0.05, 0) is 25.7 Å². The maximum absolute atomic E-state index is 4.50. The first-order chi connectivity index (χ1) is 9.62. The van der Waals surface area contributed by atoms with E-state index in [1.165, 1.54) is 77.0 Å². The molecule has 0 N–H and O–H groups in total. The first-order valence-corrected chi connectivity index (χ1v) is 10.0. The van der Waals surface area contributed by atoms with Gasteiger partial charge in [0.05, 0.1) is 0 Å². The van der Waals surface area contributed by atoms with Crippen molar-refractivity contribution in [1.82, 2.24) is 0 Å². The van der Waals surface area contributed by atoms with Gasteiger partial charge in [-0.3, -0.25) is 0 Å². The standard InChI is InChI=1S/2C9H20S/c1-3-5-6-8-9(10)7-4-2;1-3-5-7-9(10)8-6-4-2/h2*9-10H,3-8H2,1-2H3. The fourth-order valence-corrected chi connectivity index (χ4v) is 2.94. The number of unbranched alkanes of at least 4 members (excludes halogenated alkanes) is 4. The van der Waals surface area contributed by atoms with Gasteiger partial charge in [-0.1, -0.05) is 79.1 Å². The summed E-state index contributed by atoms with van der Waals surface area (Å²) in [6, 6.07) is 0. The molecule has 2 heteroatoms. The molecule has 0 rings (SSSR count). The summed E-state index contributed by atoms with van der Waals surface area (Å²) in [7, 11) is 0. The minimum atomic E-state index is 0.663. The zero-order chi connectivity index (χ0) is 15.6. The molecular formula is C18H40S2. The number of hydrogen-bond acceptors (Lipinski definition) is 2. The molecule has 0 radical (unpaired) electrons. The highest BCUT2D eigenvalue weighted by atomic mass is 32.1. The van der Waals surface area contributed by atoms with Crippen LogP contribution in [0.4, 0.5) is 0 Å². The predicted molar refractivity (Wildman–Crippen MR) is 104 cm³/mol. The summed E-state index contributed by atoms with van der Waals surface area (Å²) in [6.07, 6.45) is 15.9. The van der Waals surface area contributed by atoms with Crippen LogP contribution in [0.3, 0.4) is 0 Å². The predicted octanol–water partition coefficient (Wildman–Crippen LogP) is 7.33. The summed E-state index contributed by atoms with van der Waals surface area (Å²) in [6.45, 7) is 8.94. The first-order valence-electron chi connectivity index (χ1n) is 8.98. The van der Waals surface area contributed by atoms with E-state index >= 15 is 0 Å². The zero-order valence-electron chi connectivity index (χ0n) is 14.5. The maximum atomic E-state index is 4.50. The molecule has 0 saturated carbocycles. The molecule has 0 aromatic carbocycles. The lowest BCUT2D eigenvalue weighted by Crippen LogP contribution is -1.97. The monoisotopic (exact) mass is 320 g/mol. The van der Waals surface area contributed by atoms with Crippen LogP contribution in [0.5, 0.6) is 0 Å². The third-order valence-electron chi connectivity index (χ3n) is 3.54. The van der Waals surface area contributed by atoms with Gasteiger partial charge in [-0.15, -0.1) is 0 Å². The highest BCUT2D eigenvalue weighted by Gasteiger charge is 2.00. The fraction of sp³-hybridized carbons (Fsp3) is 1.00. The number of hydrogen-bond donors (Lipinski definition) is 2. The van der Waals surface area contributed by atoms with Gasteiger partial charge in [-0.25, -0.2) is 0 Å². The minimum absolute atomic E-state index is 0.663. The number of thiol groups is 2. The Kier molecular flexibility index (Phi) is 22.6. The van der Waals surface area contributed by atoms with E-state index in [9.17, 15) is 0 Å². The molecule has 0 spiro atoms. The molecule has 0 saturated heterocycles. The summed E-state index contributed by atoms with van der Waals surface area (Å²) in [5.74, 6) is 0. The van der Waals surface area contributed by atoms with Crippen molar-refractivity contribution in [2.45, 2.75) is 115 Å². The molecule has 0 aromatic heterocycles. The van der Waals surface area contributed by atoms with Crippen molar-refractivity contribution in [3.8, 4) is 0 Å². The van der Waals surface area contributed by atoms with Crippen molar-refractivity contribution in [1.29, 1.82) is 0 Å². The Morgan fingerprint density at radius 2 is 0.900 bits per heavy atom. The number of rotatable bonds is 12. The van der Waals surface area contributed by atoms with E-state index in [1.807, 2.05) is 0 Å². The molecule has 0 aromatic rings. The highest BCUT2D eigenvalue weighted by molar-refractivity contribution is 7.81. The Balaban J connectivity index is 0. The van der Waals surface area contributed by atoms with E-state index in [4.69, 9.17) is 0 Å². The Hall–Kier alpha value is 0.700. The molecule has 0 aliphatic carbocycles. The second-order valence-electron chi connectivity index (χ2n) is 5.88. The van der Waals surface area contributed by atoms with E-state index in [2.05, 4.69) is 53.0 Å². The lowest BCUT2D eigenvalue weighted by molar-refractivity contribution is 0.616. The van der Waals surface area contributed by atoms with Crippen molar-refractivity contribution in [2.24, 2.45) is 0 Å². The molecule has 0 aliphatic rings. The molecule has 1 unspecified atom stereocenters. The average molecular weight is 321 g/mol. The van der Waals surface area contributed by atoms with Crippen molar-refractivity contribution in [3.63, 3.8) is 0 Å². The summed E-state index contributed by atoms with van der Waals surface area (Å²) < 4.78 is 0. The van der Waals surface area contributed by atoms with Gasteiger partial charge in [0.15, 0.2) is 0 Å². The van der Waals surface area contributed by atoms with E-state index in [0.29, 0.717) is 10.5 Å². The Morgan fingerprint density at radius 3 is 1.30 bits per heavy atom. The van der Waals surface area contributed by atoms with Crippen LogP contribution in [0.25, 0.3) is 0 Å². The van der Waals surface area contributed by atoms with E-state index in [1.54, 1.807) is 0 Å². The third-order valence-corrected chi connectivity index (χ3v) is 4.58. The van der Waals surface area contributed by atoms with Gasteiger partial charge in [0.1, 0.15) is 0 Å². The third kappa shape index (κ3) is 21.0. The SMILES string of the molecule is CCCCC(S)CCCC.CCCCCC(S)CCC. The van der Waals surface area contributed by atoms with Crippen LogP contribution < -0.4 is 0 Å². The summed E-state index contributed by atoms with van der Waals surface area (Å²) in [5, 5.41) is 1.33. The molecule has 0 amide bonds. The molecule has 0 fully saturated rings. The van der Waals surface area contributed by atoms with Crippen LogP contribution in [-0.2, 0) is 0 Å². The van der Waals surface area contributed by atoms with Crippen molar-refractivity contribution >= 4 is 25.3 Å². The molecule has 0 heterocycles. The molecule has 0 bridgehead atoms. The average Bonchev–Trinajstić information content (AvgIpc) is 2.44. The molecule has 20 heavy (non-hydrogen) atoms. The second-order valence-corrected chi connectivity index (χ2v) is 7.34. The van der Waals surface area contributed by atoms with Gasteiger partial charge >= 0.3 is 0 Å². The van der Waals surface area contributed by atoms with Gasteiger partial charge < -0.3 is 0 Å².